The average Bonchev–Trinajstić information content (AvgIpc) is 2.72. The smallest absolute Gasteiger partial charge is 0.369 e. The van der Waals surface area contributed by atoms with Crippen molar-refractivity contribution in [1.82, 2.24) is 9.55 Å². The number of nitrogens with zero attached hydrogens (tertiary/aromatic N) is 2. The number of anilines is 1. The molecule has 0 aliphatic carbocycles. The minimum Gasteiger partial charge on any atom is -0.369 e. The van der Waals surface area contributed by atoms with Crippen molar-refractivity contribution in [3.63, 3.8) is 0 Å². The third kappa shape index (κ3) is 2.57. The lowest BCUT2D eigenvalue weighted by Gasteiger charge is -2.08. The van der Waals surface area contributed by atoms with Crippen LogP contribution in [0.1, 0.15) is 5.56 Å². The van der Waals surface area contributed by atoms with E-state index in [0.717, 1.165) is 21.4 Å². The fourth-order valence-electron chi connectivity index (χ4n) is 2.16. The molecular weight excluding hydrogens is 394 g/mol. The summed E-state index contributed by atoms with van der Waals surface area (Å²) in [6.45, 7) is 0. The van der Waals surface area contributed by atoms with Gasteiger partial charge in [0.15, 0.2) is 0 Å². The first kappa shape index (κ1) is 14.2. The molecule has 0 aliphatic heterocycles. The van der Waals surface area contributed by atoms with E-state index in [-0.39, 0.29) is 11.5 Å². The maximum atomic E-state index is 12.7. The summed E-state index contributed by atoms with van der Waals surface area (Å²) in [6, 6.07) is 10.9. The van der Waals surface area contributed by atoms with Crippen molar-refractivity contribution in [2.75, 3.05) is 5.73 Å². The summed E-state index contributed by atoms with van der Waals surface area (Å²) in [5.74, 6) is 0.159. The van der Waals surface area contributed by atoms with Crippen molar-refractivity contribution in [1.29, 1.82) is 0 Å². The predicted octanol–water partition coefficient (Wildman–Crippen LogP) is 4.23. The highest BCUT2D eigenvalue weighted by molar-refractivity contribution is 14.1. The van der Waals surface area contributed by atoms with Gasteiger partial charge in [-0.15, -0.1) is 0 Å². The molecule has 0 unspecified atom stereocenters. The second-order valence-corrected chi connectivity index (χ2v) is 5.73. The van der Waals surface area contributed by atoms with Gasteiger partial charge in [0.05, 0.1) is 22.3 Å². The average molecular weight is 403 g/mol. The van der Waals surface area contributed by atoms with E-state index in [1.807, 2.05) is 24.3 Å². The van der Waals surface area contributed by atoms with E-state index >= 15 is 0 Å². The number of hydrogen-bond acceptors (Lipinski definition) is 2. The Morgan fingerprint density at radius 2 is 1.86 bits per heavy atom. The van der Waals surface area contributed by atoms with E-state index in [2.05, 4.69) is 27.6 Å². The molecule has 108 valence electrons. The van der Waals surface area contributed by atoms with Crippen molar-refractivity contribution in [3.8, 4) is 5.69 Å². The fourth-order valence-corrected chi connectivity index (χ4v) is 2.69. The van der Waals surface area contributed by atoms with E-state index in [1.165, 1.54) is 6.07 Å². The van der Waals surface area contributed by atoms with Gasteiger partial charge in [-0.05, 0) is 59.0 Å². The molecule has 3 aromatic rings. The normalized spacial score (nSPS) is 12.0. The Morgan fingerprint density at radius 3 is 2.52 bits per heavy atom. The first-order valence-electron chi connectivity index (χ1n) is 5.97. The van der Waals surface area contributed by atoms with Crippen LogP contribution in [0.25, 0.3) is 16.7 Å². The number of imidazole rings is 1. The van der Waals surface area contributed by atoms with Crippen LogP contribution in [0.15, 0.2) is 42.5 Å². The molecule has 0 fully saturated rings. The van der Waals surface area contributed by atoms with Crippen LogP contribution >= 0.6 is 22.6 Å². The summed E-state index contributed by atoms with van der Waals surface area (Å²) in [7, 11) is 0. The summed E-state index contributed by atoms with van der Waals surface area (Å²) in [5, 5.41) is 0. The van der Waals surface area contributed by atoms with Gasteiger partial charge in [0.1, 0.15) is 0 Å². The molecule has 21 heavy (non-hydrogen) atoms. The molecular formula is C14H9F3IN3. The van der Waals surface area contributed by atoms with Gasteiger partial charge in [0.2, 0.25) is 5.95 Å². The van der Waals surface area contributed by atoms with Crippen molar-refractivity contribution in [2.45, 2.75) is 6.18 Å². The molecule has 0 spiro atoms. The van der Waals surface area contributed by atoms with Crippen molar-refractivity contribution < 1.29 is 13.2 Å². The molecule has 0 amide bonds. The molecule has 3 nitrogen and oxygen atoms in total. The summed E-state index contributed by atoms with van der Waals surface area (Å²) < 4.78 is 40.8. The summed E-state index contributed by atoms with van der Waals surface area (Å²) in [4.78, 5) is 4.03. The van der Waals surface area contributed by atoms with Gasteiger partial charge in [-0.1, -0.05) is 6.07 Å². The highest BCUT2D eigenvalue weighted by Crippen LogP contribution is 2.32. The standard InChI is InChI=1S/C14H9F3IN3/c15-14(16,17)8-4-5-12-11(6-8)20-13(19)21(12)10-3-1-2-9(18)7-10/h1-7H,(H2,19,20). The highest BCUT2D eigenvalue weighted by Gasteiger charge is 2.31. The number of fused-ring (bicyclic) bond motifs is 1. The lowest BCUT2D eigenvalue weighted by molar-refractivity contribution is -0.137. The van der Waals surface area contributed by atoms with Crippen molar-refractivity contribution in [3.05, 3.63) is 51.6 Å². The minimum absolute atomic E-state index is 0.159. The predicted molar refractivity (Wildman–Crippen MR) is 83.2 cm³/mol. The van der Waals surface area contributed by atoms with Gasteiger partial charge in [-0.25, -0.2) is 4.98 Å². The molecule has 1 aromatic heterocycles. The monoisotopic (exact) mass is 403 g/mol. The zero-order chi connectivity index (χ0) is 15.2. The van der Waals surface area contributed by atoms with Crippen LogP contribution in [0.4, 0.5) is 19.1 Å². The van der Waals surface area contributed by atoms with E-state index in [9.17, 15) is 13.2 Å². The Labute approximate surface area is 131 Å². The Morgan fingerprint density at radius 1 is 1.10 bits per heavy atom. The first-order chi connectivity index (χ1) is 9.86. The molecule has 0 radical (unpaired) electrons. The zero-order valence-electron chi connectivity index (χ0n) is 10.5. The van der Waals surface area contributed by atoms with Crippen molar-refractivity contribution >= 4 is 39.6 Å². The largest absolute Gasteiger partial charge is 0.416 e. The molecule has 0 bridgehead atoms. The number of rotatable bonds is 1. The summed E-state index contributed by atoms with van der Waals surface area (Å²) in [6.07, 6.45) is -4.39. The Bertz CT molecular complexity index is 824. The first-order valence-corrected chi connectivity index (χ1v) is 7.05. The SMILES string of the molecule is Nc1nc2cc(C(F)(F)F)ccc2n1-c1cccc(I)c1. The van der Waals surface area contributed by atoms with E-state index in [4.69, 9.17) is 5.73 Å². The Balaban J connectivity index is 2.23. The molecule has 2 N–H and O–H groups in total. The number of nitrogen functional groups attached to an aromatic ring is 1. The van der Waals surface area contributed by atoms with E-state index in [0.29, 0.717) is 5.52 Å². The number of aromatic nitrogens is 2. The molecule has 0 saturated carbocycles. The molecule has 3 rings (SSSR count). The second kappa shape index (κ2) is 4.90. The summed E-state index contributed by atoms with van der Waals surface area (Å²) in [5.41, 5.74) is 6.66. The van der Waals surface area contributed by atoms with Crippen LogP contribution in [0, 0.1) is 3.57 Å². The van der Waals surface area contributed by atoms with Gasteiger partial charge < -0.3 is 5.73 Å². The molecule has 0 aliphatic rings. The minimum atomic E-state index is -4.39. The topological polar surface area (TPSA) is 43.8 Å². The number of benzene rings is 2. The van der Waals surface area contributed by atoms with Crippen LogP contribution in [-0.4, -0.2) is 9.55 Å². The van der Waals surface area contributed by atoms with Gasteiger partial charge >= 0.3 is 6.18 Å². The van der Waals surface area contributed by atoms with Crippen LogP contribution in [-0.2, 0) is 6.18 Å². The van der Waals surface area contributed by atoms with E-state index in [1.54, 1.807) is 4.57 Å². The maximum absolute atomic E-state index is 12.7. The third-order valence-corrected chi connectivity index (χ3v) is 3.75. The second-order valence-electron chi connectivity index (χ2n) is 4.49. The molecule has 2 aromatic carbocycles. The number of alkyl halides is 3. The van der Waals surface area contributed by atoms with Gasteiger partial charge in [0, 0.05) is 3.57 Å². The Kier molecular flexibility index (Phi) is 3.31. The molecule has 1 heterocycles. The van der Waals surface area contributed by atoms with Crippen LogP contribution in [0.5, 0.6) is 0 Å². The third-order valence-electron chi connectivity index (χ3n) is 3.07. The van der Waals surface area contributed by atoms with Gasteiger partial charge in [0.25, 0.3) is 0 Å². The molecule has 7 heteroatoms. The quantitative estimate of drug-likeness (QED) is 0.619. The van der Waals surface area contributed by atoms with Crippen LogP contribution < -0.4 is 5.73 Å². The van der Waals surface area contributed by atoms with Crippen LogP contribution in [0.3, 0.4) is 0 Å². The zero-order valence-corrected chi connectivity index (χ0v) is 12.7. The molecule has 0 saturated heterocycles. The summed E-state index contributed by atoms with van der Waals surface area (Å²) >= 11 is 2.16. The van der Waals surface area contributed by atoms with Crippen LogP contribution in [0.2, 0.25) is 0 Å². The van der Waals surface area contributed by atoms with E-state index < -0.39 is 11.7 Å². The highest BCUT2D eigenvalue weighted by atomic mass is 127. The number of halogens is 4. The maximum Gasteiger partial charge on any atom is 0.416 e. The molecule has 0 atom stereocenters. The number of nitrogens with two attached hydrogens (primary N) is 1. The fraction of sp³-hybridized carbons (Fsp3) is 0.0714. The van der Waals surface area contributed by atoms with Gasteiger partial charge in [-0.2, -0.15) is 13.2 Å². The van der Waals surface area contributed by atoms with Crippen molar-refractivity contribution in [2.24, 2.45) is 0 Å². The van der Waals surface area contributed by atoms with Gasteiger partial charge in [-0.3, -0.25) is 4.57 Å². The number of hydrogen-bond donors (Lipinski definition) is 1. The Hall–Kier alpha value is -1.77. The lowest BCUT2D eigenvalue weighted by Crippen LogP contribution is -2.04. The lowest BCUT2D eigenvalue weighted by atomic mass is 10.2.